The van der Waals surface area contributed by atoms with Crippen molar-refractivity contribution >= 4 is 0 Å². The summed E-state index contributed by atoms with van der Waals surface area (Å²) in [5, 5.41) is 31.8. The van der Waals surface area contributed by atoms with E-state index in [1.807, 2.05) is 13.8 Å². The van der Waals surface area contributed by atoms with Gasteiger partial charge in [0.2, 0.25) is 0 Å². The van der Waals surface area contributed by atoms with Crippen molar-refractivity contribution in [1.82, 2.24) is 0 Å². The van der Waals surface area contributed by atoms with Gasteiger partial charge in [0, 0.05) is 5.41 Å². The van der Waals surface area contributed by atoms with Gasteiger partial charge in [-0.15, -0.1) is 6.58 Å². The molecule has 0 amide bonds. The van der Waals surface area contributed by atoms with Crippen LogP contribution >= 0.6 is 0 Å². The standard InChI is InChI=1S/C20H36O3/c1-7-17(3,22)12-13-18(4)14(2)10-11-19(5)15(18)8-9-16(21)20(19,6)23/h7,14-16,21-23H,1,8-13H2,2-6H3/t14-,15-,16+,17?,18+,19-,20+/m0/s1. The number of hydrogen-bond donors (Lipinski definition) is 3. The Morgan fingerprint density at radius 3 is 2.39 bits per heavy atom. The summed E-state index contributed by atoms with van der Waals surface area (Å²) in [5.74, 6) is 0.907. The molecule has 0 bridgehead atoms. The van der Waals surface area contributed by atoms with Crippen LogP contribution < -0.4 is 0 Å². The van der Waals surface area contributed by atoms with E-state index >= 15 is 0 Å². The summed E-state index contributed by atoms with van der Waals surface area (Å²) in [4.78, 5) is 0. The molecule has 3 heteroatoms. The molecule has 0 radical (unpaired) electrons. The maximum Gasteiger partial charge on any atom is 0.0933 e. The summed E-state index contributed by atoms with van der Waals surface area (Å²) in [7, 11) is 0. The molecule has 2 aliphatic carbocycles. The zero-order valence-electron chi connectivity index (χ0n) is 15.6. The quantitative estimate of drug-likeness (QED) is 0.692. The fraction of sp³-hybridized carbons (Fsp3) is 0.900. The predicted octanol–water partition coefficient (Wildman–Crippen LogP) is 3.67. The van der Waals surface area contributed by atoms with E-state index in [0.29, 0.717) is 24.7 Å². The molecule has 0 saturated heterocycles. The topological polar surface area (TPSA) is 60.7 Å². The van der Waals surface area contributed by atoms with Crippen LogP contribution in [-0.2, 0) is 0 Å². The zero-order valence-corrected chi connectivity index (χ0v) is 15.6. The minimum Gasteiger partial charge on any atom is -0.390 e. The van der Waals surface area contributed by atoms with E-state index < -0.39 is 17.3 Å². The van der Waals surface area contributed by atoms with Crippen molar-refractivity contribution in [3.63, 3.8) is 0 Å². The van der Waals surface area contributed by atoms with Crippen molar-refractivity contribution in [2.24, 2.45) is 22.7 Å². The highest BCUT2D eigenvalue weighted by Crippen LogP contribution is 2.64. The Bertz CT molecular complexity index is 456. The lowest BCUT2D eigenvalue weighted by molar-refractivity contribution is -0.236. The molecule has 0 aliphatic heterocycles. The van der Waals surface area contributed by atoms with Crippen LogP contribution in [0, 0.1) is 22.7 Å². The molecule has 2 aliphatic rings. The number of hydrogen-bond acceptors (Lipinski definition) is 3. The molecule has 2 fully saturated rings. The SMILES string of the molecule is C=CC(C)(O)CC[C@]1(C)[C@@H](C)CC[C@@]2(C)[C@H]1CC[C@@H](O)[C@@]2(C)O. The Morgan fingerprint density at radius 2 is 1.83 bits per heavy atom. The molecule has 1 unspecified atom stereocenters. The van der Waals surface area contributed by atoms with Crippen LogP contribution in [0.2, 0.25) is 0 Å². The molecule has 134 valence electrons. The monoisotopic (exact) mass is 324 g/mol. The second-order valence-corrected chi connectivity index (χ2v) is 9.22. The second kappa shape index (κ2) is 5.86. The normalized spacial score (nSPS) is 50.0. The minimum absolute atomic E-state index is 0.0597. The lowest BCUT2D eigenvalue weighted by atomic mass is 9.43. The highest BCUT2D eigenvalue weighted by molar-refractivity contribution is 5.12. The van der Waals surface area contributed by atoms with Gasteiger partial charge in [-0.05, 0) is 69.6 Å². The lowest BCUT2D eigenvalue weighted by Gasteiger charge is -2.64. The Labute approximate surface area is 141 Å². The van der Waals surface area contributed by atoms with Crippen molar-refractivity contribution in [2.75, 3.05) is 0 Å². The molecule has 0 aromatic carbocycles. The first kappa shape index (κ1) is 19.0. The smallest absolute Gasteiger partial charge is 0.0933 e. The van der Waals surface area contributed by atoms with Crippen molar-refractivity contribution in [2.45, 2.75) is 90.4 Å². The summed E-state index contributed by atoms with van der Waals surface area (Å²) in [6.45, 7) is 14.2. The van der Waals surface area contributed by atoms with Crippen LogP contribution in [0.25, 0.3) is 0 Å². The average Bonchev–Trinajstić information content (AvgIpc) is 2.48. The molecule has 0 spiro atoms. The first-order valence-corrected chi connectivity index (χ1v) is 9.17. The summed E-state index contributed by atoms with van der Waals surface area (Å²) in [6.07, 6.45) is 6.22. The molecule has 2 rings (SSSR count). The molecule has 2 saturated carbocycles. The van der Waals surface area contributed by atoms with Crippen LogP contribution in [0.5, 0.6) is 0 Å². The molecule has 3 N–H and O–H groups in total. The predicted molar refractivity (Wildman–Crippen MR) is 94.0 cm³/mol. The van der Waals surface area contributed by atoms with Gasteiger partial charge in [0.05, 0.1) is 17.3 Å². The largest absolute Gasteiger partial charge is 0.390 e. The molecule has 7 atom stereocenters. The van der Waals surface area contributed by atoms with E-state index in [0.717, 1.165) is 25.7 Å². The number of aliphatic hydroxyl groups is 3. The summed E-state index contributed by atoms with van der Waals surface area (Å²) < 4.78 is 0. The first-order chi connectivity index (χ1) is 10.4. The average molecular weight is 325 g/mol. The molecule has 3 nitrogen and oxygen atoms in total. The lowest BCUT2D eigenvalue weighted by Crippen LogP contribution is -2.65. The van der Waals surface area contributed by atoms with E-state index in [9.17, 15) is 15.3 Å². The van der Waals surface area contributed by atoms with Gasteiger partial charge in [0.25, 0.3) is 0 Å². The van der Waals surface area contributed by atoms with Gasteiger partial charge in [0.15, 0.2) is 0 Å². The van der Waals surface area contributed by atoms with E-state index in [4.69, 9.17) is 0 Å². The molecule has 0 aromatic heterocycles. The van der Waals surface area contributed by atoms with Gasteiger partial charge in [0.1, 0.15) is 0 Å². The van der Waals surface area contributed by atoms with Crippen molar-refractivity contribution < 1.29 is 15.3 Å². The number of aliphatic hydroxyl groups excluding tert-OH is 1. The van der Waals surface area contributed by atoms with Crippen molar-refractivity contribution in [1.29, 1.82) is 0 Å². The van der Waals surface area contributed by atoms with E-state index in [2.05, 4.69) is 27.4 Å². The fourth-order valence-corrected chi connectivity index (χ4v) is 5.38. The minimum atomic E-state index is -1.04. The highest BCUT2D eigenvalue weighted by Gasteiger charge is 2.62. The Hall–Kier alpha value is -0.380. The van der Waals surface area contributed by atoms with E-state index in [1.165, 1.54) is 0 Å². The third-order valence-electron chi connectivity index (χ3n) is 7.93. The van der Waals surface area contributed by atoms with E-state index in [-0.39, 0.29) is 10.8 Å². The second-order valence-electron chi connectivity index (χ2n) is 9.22. The zero-order chi connectivity index (χ0) is 17.7. The van der Waals surface area contributed by atoms with Gasteiger partial charge in [-0.2, -0.15) is 0 Å². The Morgan fingerprint density at radius 1 is 1.22 bits per heavy atom. The molecular weight excluding hydrogens is 288 g/mol. The van der Waals surface area contributed by atoms with Gasteiger partial charge >= 0.3 is 0 Å². The summed E-state index contributed by atoms with van der Waals surface area (Å²) in [6, 6.07) is 0. The maximum absolute atomic E-state index is 11.1. The first-order valence-electron chi connectivity index (χ1n) is 9.17. The highest BCUT2D eigenvalue weighted by atomic mass is 16.3. The van der Waals surface area contributed by atoms with E-state index in [1.54, 1.807) is 6.08 Å². The van der Waals surface area contributed by atoms with Crippen LogP contribution in [0.3, 0.4) is 0 Å². The van der Waals surface area contributed by atoms with Crippen molar-refractivity contribution in [3.05, 3.63) is 12.7 Å². The van der Waals surface area contributed by atoms with Crippen LogP contribution in [0.1, 0.15) is 73.1 Å². The third kappa shape index (κ3) is 2.89. The van der Waals surface area contributed by atoms with Gasteiger partial charge < -0.3 is 15.3 Å². The number of fused-ring (bicyclic) bond motifs is 1. The van der Waals surface area contributed by atoms with Gasteiger partial charge in [-0.1, -0.05) is 26.8 Å². The molecular formula is C20H36O3. The van der Waals surface area contributed by atoms with Gasteiger partial charge in [-0.3, -0.25) is 0 Å². The van der Waals surface area contributed by atoms with Crippen LogP contribution in [0.4, 0.5) is 0 Å². The molecule has 23 heavy (non-hydrogen) atoms. The Balaban J connectivity index is 2.33. The van der Waals surface area contributed by atoms with Crippen LogP contribution in [0.15, 0.2) is 12.7 Å². The maximum atomic E-state index is 11.1. The number of rotatable bonds is 4. The summed E-state index contributed by atoms with van der Waals surface area (Å²) in [5.41, 5.74) is -2.10. The van der Waals surface area contributed by atoms with Gasteiger partial charge in [-0.25, -0.2) is 0 Å². The van der Waals surface area contributed by atoms with Crippen molar-refractivity contribution in [3.8, 4) is 0 Å². The van der Waals surface area contributed by atoms with Crippen LogP contribution in [-0.4, -0.2) is 32.6 Å². The third-order valence-corrected chi connectivity index (χ3v) is 7.93. The summed E-state index contributed by atoms with van der Waals surface area (Å²) >= 11 is 0. The molecule has 0 heterocycles. The Kier molecular flexibility index (Phi) is 4.83. The fourth-order valence-electron chi connectivity index (χ4n) is 5.38. The molecule has 0 aromatic rings.